The Balaban J connectivity index is 2.87. The van der Waals surface area contributed by atoms with Crippen molar-refractivity contribution in [1.82, 2.24) is 10.3 Å². The summed E-state index contributed by atoms with van der Waals surface area (Å²) >= 11 is 0.624. The molecule has 0 aliphatic rings. The normalized spacial score (nSPS) is 14.5. The van der Waals surface area contributed by atoms with E-state index in [0.717, 1.165) is 0 Å². The summed E-state index contributed by atoms with van der Waals surface area (Å²) in [6.45, 7) is 1.76. The third-order valence-electron chi connectivity index (χ3n) is 1.64. The molecule has 1 unspecified atom stereocenters. The maximum Gasteiger partial charge on any atom is 0.443 e. The first-order chi connectivity index (χ1) is 5.95. The van der Waals surface area contributed by atoms with Crippen LogP contribution < -0.4 is 5.32 Å². The Labute approximate surface area is 77.8 Å². The van der Waals surface area contributed by atoms with Crippen LogP contribution in [0.5, 0.6) is 0 Å². The second-order valence-corrected chi connectivity index (χ2v) is 3.44. The van der Waals surface area contributed by atoms with Crippen LogP contribution in [0.25, 0.3) is 0 Å². The quantitative estimate of drug-likeness (QED) is 0.811. The lowest BCUT2D eigenvalue weighted by molar-refractivity contribution is -0.137. The van der Waals surface area contributed by atoms with Crippen LogP contribution in [0, 0.1) is 0 Å². The van der Waals surface area contributed by atoms with Gasteiger partial charge < -0.3 is 5.32 Å². The van der Waals surface area contributed by atoms with E-state index < -0.39 is 11.2 Å². The van der Waals surface area contributed by atoms with E-state index in [1.54, 1.807) is 14.0 Å². The molecule has 0 aromatic carbocycles. The SMILES string of the molecule is CNC(C)c1csc(C(F)(F)F)n1. The van der Waals surface area contributed by atoms with Gasteiger partial charge in [0.2, 0.25) is 0 Å². The largest absolute Gasteiger partial charge is 0.443 e. The second-order valence-electron chi connectivity index (χ2n) is 2.59. The first-order valence-corrected chi connectivity index (χ1v) is 4.53. The van der Waals surface area contributed by atoms with E-state index in [4.69, 9.17) is 0 Å². The average molecular weight is 210 g/mol. The van der Waals surface area contributed by atoms with E-state index in [1.165, 1.54) is 5.38 Å². The third-order valence-corrected chi connectivity index (χ3v) is 2.55. The first-order valence-electron chi connectivity index (χ1n) is 3.65. The fraction of sp³-hybridized carbons (Fsp3) is 0.571. The van der Waals surface area contributed by atoms with Gasteiger partial charge in [0.1, 0.15) is 0 Å². The number of hydrogen-bond acceptors (Lipinski definition) is 3. The summed E-state index contributed by atoms with van der Waals surface area (Å²) in [6.07, 6.45) is -4.32. The number of aromatic nitrogens is 1. The van der Waals surface area contributed by atoms with Gasteiger partial charge in [-0.05, 0) is 14.0 Å². The van der Waals surface area contributed by atoms with Gasteiger partial charge in [-0.2, -0.15) is 13.2 Å². The van der Waals surface area contributed by atoms with Crippen molar-refractivity contribution in [2.24, 2.45) is 0 Å². The van der Waals surface area contributed by atoms with Crippen LogP contribution in [0.4, 0.5) is 13.2 Å². The summed E-state index contributed by atoms with van der Waals surface area (Å²) in [4.78, 5) is 3.48. The highest BCUT2D eigenvalue weighted by Crippen LogP contribution is 2.32. The van der Waals surface area contributed by atoms with Crippen LogP contribution in [0.2, 0.25) is 0 Å². The zero-order valence-corrected chi connectivity index (χ0v) is 7.96. The summed E-state index contributed by atoms with van der Waals surface area (Å²) in [5.41, 5.74) is 0.430. The predicted octanol–water partition coefficient (Wildman–Crippen LogP) is 2.44. The van der Waals surface area contributed by atoms with Crippen LogP contribution in [-0.4, -0.2) is 12.0 Å². The van der Waals surface area contributed by atoms with Crippen molar-refractivity contribution in [3.05, 3.63) is 16.1 Å². The Bertz CT molecular complexity index is 282. The van der Waals surface area contributed by atoms with Gasteiger partial charge >= 0.3 is 6.18 Å². The lowest BCUT2D eigenvalue weighted by Crippen LogP contribution is -2.13. The van der Waals surface area contributed by atoms with E-state index >= 15 is 0 Å². The maximum absolute atomic E-state index is 12.1. The second kappa shape index (κ2) is 3.63. The molecular weight excluding hydrogens is 201 g/mol. The van der Waals surface area contributed by atoms with Gasteiger partial charge in [0.15, 0.2) is 5.01 Å². The molecule has 0 spiro atoms. The van der Waals surface area contributed by atoms with Crippen molar-refractivity contribution in [2.45, 2.75) is 19.1 Å². The van der Waals surface area contributed by atoms with E-state index in [9.17, 15) is 13.2 Å². The summed E-state index contributed by atoms with van der Waals surface area (Å²) in [5, 5.41) is 3.46. The van der Waals surface area contributed by atoms with Crippen LogP contribution in [-0.2, 0) is 6.18 Å². The number of thiazole rings is 1. The summed E-state index contributed by atoms with van der Waals surface area (Å²) in [6, 6.07) is -0.146. The first kappa shape index (κ1) is 10.5. The lowest BCUT2D eigenvalue weighted by Gasteiger charge is -2.05. The van der Waals surface area contributed by atoms with Crippen molar-refractivity contribution in [3.8, 4) is 0 Å². The molecule has 0 saturated carbocycles. The summed E-state index contributed by atoms with van der Waals surface area (Å²) in [7, 11) is 1.68. The standard InChI is InChI=1S/C7H9F3N2S/c1-4(11-2)5-3-13-6(12-5)7(8,9)10/h3-4,11H,1-2H3. The van der Waals surface area contributed by atoms with Crippen molar-refractivity contribution >= 4 is 11.3 Å². The molecule has 1 atom stereocenters. The smallest absolute Gasteiger partial charge is 0.312 e. The molecule has 6 heteroatoms. The van der Waals surface area contributed by atoms with Crippen LogP contribution in [0.1, 0.15) is 23.7 Å². The Morgan fingerprint density at radius 1 is 1.54 bits per heavy atom. The van der Waals surface area contributed by atoms with Crippen LogP contribution in [0.15, 0.2) is 5.38 Å². The molecule has 0 saturated heterocycles. The summed E-state index contributed by atoms with van der Waals surface area (Å²) < 4.78 is 36.3. The van der Waals surface area contributed by atoms with Crippen LogP contribution in [0.3, 0.4) is 0 Å². The highest BCUT2D eigenvalue weighted by atomic mass is 32.1. The number of nitrogens with one attached hydrogen (secondary N) is 1. The van der Waals surface area contributed by atoms with Gasteiger partial charge in [-0.15, -0.1) is 11.3 Å². The van der Waals surface area contributed by atoms with E-state index in [-0.39, 0.29) is 6.04 Å². The molecule has 0 aliphatic heterocycles. The van der Waals surface area contributed by atoms with Crippen LogP contribution >= 0.6 is 11.3 Å². The molecule has 1 heterocycles. The van der Waals surface area contributed by atoms with Crippen molar-refractivity contribution in [3.63, 3.8) is 0 Å². The molecule has 0 amide bonds. The molecule has 2 nitrogen and oxygen atoms in total. The highest BCUT2D eigenvalue weighted by molar-refractivity contribution is 7.09. The Kier molecular flexibility index (Phi) is 2.92. The minimum Gasteiger partial charge on any atom is -0.312 e. The minimum absolute atomic E-state index is 0.146. The predicted molar refractivity (Wildman–Crippen MR) is 44.6 cm³/mol. The number of alkyl halides is 3. The van der Waals surface area contributed by atoms with E-state index in [0.29, 0.717) is 17.0 Å². The van der Waals surface area contributed by atoms with Crippen molar-refractivity contribution in [1.29, 1.82) is 0 Å². The molecule has 0 radical (unpaired) electrons. The number of rotatable bonds is 2. The molecule has 74 valence electrons. The Morgan fingerprint density at radius 3 is 2.54 bits per heavy atom. The maximum atomic E-state index is 12.1. The van der Waals surface area contributed by atoms with E-state index in [2.05, 4.69) is 10.3 Å². The highest BCUT2D eigenvalue weighted by Gasteiger charge is 2.34. The number of halogens is 3. The van der Waals surface area contributed by atoms with Gasteiger partial charge in [-0.25, -0.2) is 4.98 Å². The van der Waals surface area contributed by atoms with Crippen molar-refractivity contribution in [2.75, 3.05) is 7.05 Å². The summed E-state index contributed by atoms with van der Waals surface area (Å²) in [5.74, 6) is 0. The average Bonchev–Trinajstić information content (AvgIpc) is 2.50. The monoisotopic (exact) mass is 210 g/mol. The fourth-order valence-corrected chi connectivity index (χ4v) is 1.54. The topological polar surface area (TPSA) is 24.9 Å². The van der Waals surface area contributed by atoms with Gasteiger partial charge in [-0.3, -0.25) is 0 Å². The van der Waals surface area contributed by atoms with Gasteiger partial charge in [0.25, 0.3) is 0 Å². The number of nitrogens with zero attached hydrogens (tertiary/aromatic N) is 1. The third kappa shape index (κ3) is 2.41. The number of hydrogen-bond donors (Lipinski definition) is 1. The molecule has 1 aromatic rings. The molecule has 1 rings (SSSR count). The van der Waals surface area contributed by atoms with Crippen molar-refractivity contribution < 1.29 is 13.2 Å². The van der Waals surface area contributed by atoms with Gasteiger partial charge in [0.05, 0.1) is 5.69 Å². The zero-order valence-electron chi connectivity index (χ0n) is 7.14. The molecule has 1 aromatic heterocycles. The Hall–Kier alpha value is -0.620. The fourth-order valence-electron chi connectivity index (χ4n) is 0.763. The minimum atomic E-state index is -4.32. The van der Waals surface area contributed by atoms with Gasteiger partial charge in [0, 0.05) is 11.4 Å². The lowest BCUT2D eigenvalue weighted by atomic mass is 10.3. The molecule has 0 bridgehead atoms. The molecule has 1 N–H and O–H groups in total. The molecule has 13 heavy (non-hydrogen) atoms. The zero-order chi connectivity index (χ0) is 10.1. The van der Waals surface area contributed by atoms with E-state index in [1.807, 2.05) is 0 Å². The molecular formula is C7H9F3N2S. The molecule has 0 aliphatic carbocycles. The Morgan fingerprint density at radius 2 is 2.15 bits per heavy atom. The molecule has 0 fully saturated rings. The van der Waals surface area contributed by atoms with Gasteiger partial charge in [-0.1, -0.05) is 0 Å².